The van der Waals surface area contributed by atoms with Crippen LogP contribution < -0.4 is 0 Å². The number of ketones is 1. The minimum Gasteiger partial charge on any atom is -0.356 e. The molecule has 0 aliphatic carbocycles. The molecule has 1 heterocycles. The lowest BCUT2D eigenvalue weighted by Gasteiger charge is -2.06. The van der Waals surface area contributed by atoms with Gasteiger partial charge in [-0.3, -0.25) is 4.79 Å². The zero-order chi connectivity index (χ0) is 12.8. The van der Waals surface area contributed by atoms with Gasteiger partial charge in [-0.25, -0.2) is 0 Å². The summed E-state index contributed by atoms with van der Waals surface area (Å²) in [6.45, 7) is 0. The summed E-state index contributed by atoms with van der Waals surface area (Å²) < 4.78 is 3.43. The fourth-order valence-corrected chi connectivity index (χ4v) is 2.40. The number of halogens is 5. The maximum absolute atomic E-state index is 12.0. The number of Topliss-reactive ketones (excluding diaryl/α,β-unsaturated/α-hetero) is 1. The summed E-state index contributed by atoms with van der Waals surface area (Å²) in [7, 11) is 0. The lowest BCUT2D eigenvalue weighted by atomic mass is 10.1. The van der Waals surface area contributed by atoms with Crippen molar-refractivity contribution in [1.82, 2.24) is 0 Å². The molecule has 2 atom stereocenters. The summed E-state index contributed by atoms with van der Waals surface area (Å²) in [5.41, 5.74) is 0.304. The Bertz CT molecular complexity index is 468. The van der Waals surface area contributed by atoms with Gasteiger partial charge in [-0.05, 0) is 18.2 Å². The average Bonchev–Trinajstić information content (AvgIpc) is 2.95. The number of hydrogen-bond donors (Lipinski definition) is 0. The molecule has 0 spiro atoms. The van der Waals surface area contributed by atoms with Crippen LogP contribution >= 0.6 is 58.0 Å². The lowest BCUT2D eigenvalue weighted by Crippen LogP contribution is -2.20. The molecule has 1 aliphatic heterocycles. The van der Waals surface area contributed by atoms with E-state index in [1.54, 1.807) is 6.07 Å². The average molecular weight is 334 g/mol. The van der Waals surface area contributed by atoms with Gasteiger partial charge in [0.1, 0.15) is 6.10 Å². The summed E-state index contributed by atoms with van der Waals surface area (Å²) in [6.07, 6.45) is -1.49. The number of ether oxygens (including phenoxy) is 1. The van der Waals surface area contributed by atoms with E-state index in [1.165, 1.54) is 12.1 Å². The summed E-state index contributed by atoms with van der Waals surface area (Å²) in [5.74, 6) is -0.317. The quantitative estimate of drug-likeness (QED) is 0.458. The second kappa shape index (κ2) is 4.76. The molecule has 1 fully saturated rings. The van der Waals surface area contributed by atoms with Crippen molar-refractivity contribution in [3.63, 3.8) is 0 Å². The lowest BCUT2D eigenvalue weighted by molar-refractivity contribution is 0.0954. The standard InChI is InChI=1S/C10H5Cl5O2/c11-4-1-2-5(6(12)3-4)7(16)8-9(17-8)10(13,14)15/h1-3,8-9H. The van der Waals surface area contributed by atoms with E-state index in [-0.39, 0.29) is 10.8 Å². The normalized spacial score (nSPS) is 23.6. The van der Waals surface area contributed by atoms with Crippen molar-refractivity contribution < 1.29 is 9.53 Å². The first-order valence-electron chi connectivity index (χ1n) is 4.52. The van der Waals surface area contributed by atoms with Crippen LogP contribution in [0.15, 0.2) is 18.2 Å². The molecular formula is C10H5Cl5O2. The Kier molecular flexibility index (Phi) is 3.85. The minimum atomic E-state index is -1.61. The van der Waals surface area contributed by atoms with Gasteiger partial charge in [-0.2, -0.15) is 0 Å². The molecule has 1 saturated heterocycles. The van der Waals surface area contributed by atoms with Gasteiger partial charge in [0.15, 0.2) is 11.9 Å². The van der Waals surface area contributed by atoms with Crippen LogP contribution in [0.25, 0.3) is 0 Å². The highest BCUT2D eigenvalue weighted by Crippen LogP contribution is 2.45. The molecule has 0 bridgehead atoms. The summed E-state index contributed by atoms with van der Waals surface area (Å²) in [6, 6.07) is 4.56. The van der Waals surface area contributed by atoms with E-state index in [2.05, 4.69) is 0 Å². The predicted molar refractivity (Wildman–Crippen MR) is 69.7 cm³/mol. The zero-order valence-corrected chi connectivity index (χ0v) is 11.9. The molecule has 1 aromatic carbocycles. The maximum atomic E-state index is 12.0. The molecule has 0 N–H and O–H groups in total. The molecule has 7 heteroatoms. The van der Waals surface area contributed by atoms with Crippen LogP contribution in [0, 0.1) is 0 Å². The van der Waals surface area contributed by atoms with E-state index in [0.29, 0.717) is 10.6 Å². The van der Waals surface area contributed by atoms with Crippen molar-refractivity contribution in [2.75, 3.05) is 0 Å². The fraction of sp³-hybridized carbons (Fsp3) is 0.300. The smallest absolute Gasteiger partial charge is 0.219 e. The molecule has 0 saturated carbocycles. The van der Waals surface area contributed by atoms with Crippen molar-refractivity contribution in [2.45, 2.75) is 16.0 Å². The molecule has 1 aromatic rings. The van der Waals surface area contributed by atoms with Gasteiger partial charge in [0.25, 0.3) is 0 Å². The van der Waals surface area contributed by atoms with Gasteiger partial charge in [-0.15, -0.1) is 0 Å². The zero-order valence-electron chi connectivity index (χ0n) is 8.09. The van der Waals surface area contributed by atoms with Crippen molar-refractivity contribution in [1.29, 1.82) is 0 Å². The summed E-state index contributed by atoms with van der Waals surface area (Å²) in [4.78, 5) is 12.0. The van der Waals surface area contributed by atoms with Crippen LogP contribution in [0.2, 0.25) is 10.0 Å². The molecule has 2 nitrogen and oxygen atoms in total. The van der Waals surface area contributed by atoms with E-state index >= 15 is 0 Å². The van der Waals surface area contributed by atoms with Gasteiger partial charge in [0.05, 0.1) is 5.02 Å². The summed E-state index contributed by atoms with van der Waals surface area (Å²) in [5, 5.41) is 0.697. The van der Waals surface area contributed by atoms with Crippen LogP contribution in [0.4, 0.5) is 0 Å². The topological polar surface area (TPSA) is 29.6 Å². The van der Waals surface area contributed by atoms with Crippen molar-refractivity contribution in [3.8, 4) is 0 Å². The molecule has 2 unspecified atom stereocenters. The number of alkyl halides is 3. The van der Waals surface area contributed by atoms with Gasteiger partial charge in [0.2, 0.25) is 3.79 Å². The minimum absolute atomic E-state index is 0.251. The van der Waals surface area contributed by atoms with Gasteiger partial charge in [0, 0.05) is 10.6 Å². The first-order valence-corrected chi connectivity index (χ1v) is 6.41. The van der Waals surface area contributed by atoms with Crippen molar-refractivity contribution in [3.05, 3.63) is 33.8 Å². The number of carbonyl (C=O) groups excluding carboxylic acids is 1. The Balaban J connectivity index is 2.17. The Hall–Kier alpha value is 0.300. The van der Waals surface area contributed by atoms with Crippen LogP contribution in [0.1, 0.15) is 10.4 Å². The Morgan fingerprint density at radius 3 is 2.35 bits per heavy atom. The van der Waals surface area contributed by atoms with E-state index in [4.69, 9.17) is 62.7 Å². The van der Waals surface area contributed by atoms with Gasteiger partial charge < -0.3 is 4.74 Å². The third-order valence-corrected chi connectivity index (χ3v) is 3.46. The number of carbonyl (C=O) groups is 1. The van der Waals surface area contributed by atoms with Crippen LogP contribution in [0.5, 0.6) is 0 Å². The molecule has 17 heavy (non-hydrogen) atoms. The van der Waals surface area contributed by atoms with Gasteiger partial charge >= 0.3 is 0 Å². The first kappa shape index (κ1) is 13.7. The first-order chi connectivity index (χ1) is 7.80. The maximum Gasteiger partial charge on any atom is 0.219 e. The van der Waals surface area contributed by atoms with E-state index in [9.17, 15) is 4.79 Å². The number of benzene rings is 1. The Labute approximate surface area is 123 Å². The molecule has 2 rings (SSSR count). The monoisotopic (exact) mass is 332 g/mol. The molecule has 0 amide bonds. The molecule has 0 radical (unpaired) electrons. The van der Waals surface area contributed by atoms with Crippen molar-refractivity contribution in [2.24, 2.45) is 0 Å². The van der Waals surface area contributed by atoms with E-state index in [0.717, 1.165) is 0 Å². The van der Waals surface area contributed by atoms with Crippen molar-refractivity contribution >= 4 is 63.8 Å². The SMILES string of the molecule is O=C(c1ccc(Cl)cc1Cl)C1OC1C(Cl)(Cl)Cl. The number of epoxide rings is 1. The highest BCUT2D eigenvalue weighted by molar-refractivity contribution is 6.68. The third kappa shape index (κ3) is 3.01. The van der Waals surface area contributed by atoms with E-state index < -0.39 is 16.0 Å². The largest absolute Gasteiger partial charge is 0.356 e. The highest BCUT2D eigenvalue weighted by atomic mass is 35.6. The molecule has 92 valence electrons. The third-order valence-electron chi connectivity index (χ3n) is 2.27. The second-order valence-corrected chi connectivity index (χ2v) is 6.72. The molecular weight excluding hydrogens is 329 g/mol. The van der Waals surface area contributed by atoms with Crippen LogP contribution in [-0.4, -0.2) is 21.8 Å². The van der Waals surface area contributed by atoms with E-state index in [1.807, 2.05) is 0 Å². The van der Waals surface area contributed by atoms with Crippen LogP contribution in [0.3, 0.4) is 0 Å². The highest BCUT2D eigenvalue weighted by Gasteiger charge is 2.56. The number of rotatable bonds is 2. The Morgan fingerprint density at radius 2 is 1.88 bits per heavy atom. The summed E-state index contributed by atoms with van der Waals surface area (Å²) >= 11 is 28.5. The fourth-order valence-electron chi connectivity index (χ4n) is 1.40. The molecule has 0 aromatic heterocycles. The van der Waals surface area contributed by atoms with Gasteiger partial charge in [-0.1, -0.05) is 58.0 Å². The van der Waals surface area contributed by atoms with Crippen LogP contribution in [-0.2, 0) is 4.74 Å². The molecule has 1 aliphatic rings. The number of hydrogen-bond acceptors (Lipinski definition) is 2. The predicted octanol–water partition coefficient (Wildman–Crippen LogP) is 4.31. The Morgan fingerprint density at radius 1 is 1.24 bits per heavy atom. The second-order valence-electron chi connectivity index (χ2n) is 3.51.